The van der Waals surface area contributed by atoms with Crippen LogP contribution in [0.3, 0.4) is 0 Å². The lowest BCUT2D eigenvalue weighted by atomic mass is 9.89. The SMILES string of the molecule is C[n+]1cc(-c2cnn3c(C(C)(C)C)c(Br)c(C4CCS(=O)(=O)CC4)nc23)ccc1-c1ccccc1. The van der Waals surface area contributed by atoms with Crippen LogP contribution in [-0.2, 0) is 22.3 Å². The van der Waals surface area contributed by atoms with E-state index in [1.54, 1.807) is 0 Å². The van der Waals surface area contributed by atoms with E-state index in [9.17, 15) is 8.42 Å². The minimum atomic E-state index is -2.95. The van der Waals surface area contributed by atoms with Gasteiger partial charge in [-0.15, -0.1) is 0 Å². The molecule has 4 aromatic rings. The average molecular weight is 555 g/mol. The highest BCUT2D eigenvalue weighted by Crippen LogP contribution is 2.40. The Balaban J connectivity index is 1.66. The number of aryl methyl sites for hydroxylation is 1. The second-order valence-electron chi connectivity index (χ2n) is 10.4. The van der Waals surface area contributed by atoms with Gasteiger partial charge in [-0.2, -0.15) is 5.10 Å². The van der Waals surface area contributed by atoms with Crippen LogP contribution in [0.4, 0.5) is 0 Å². The van der Waals surface area contributed by atoms with Gasteiger partial charge in [0.15, 0.2) is 11.8 Å². The van der Waals surface area contributed by atoms with E-state index < -0.39 is 9.84 Å². The van der Waals surface area contributed by atoms with Gasteiger partial charge in [0.25, 0.3) is 0 Å². The Hall–Kier alpha value is -2.58. The molecular formula is C27H30BrN4O2S+. The van der Waals surface area contributed by atoms with Gasteiger partial charge in [0.1, 0.15) is 16.9 Å². The van der Waals surface area contributed by atoms with Crippen LogP contribution in [0.1, 0.15) is 50.9 Å². The summed E-state index contributed by atoms with van der Waals surface area (Å²) in [7, 11) is -0.901. The van der Waals surface area contributed by atoms with Crippen LogP contribution < -0.4 is 4.57 Å². The van der Waals surface area contributed by atoms with E-state index in [2.05, 4.69) is 78.8 Å². The van der Waals surface area contributed by atoms with Crippen molar-refractivity contribution in [1.29, 1.82) is 0 Å². The van der Waals surface area contributed by atoms with Crippen molar-refractivity contribution in [2.75, 3.05) is 11.5 Å². The molecule has 0 saturated carbocycles. The van der Waals surface area contributed by atoms with Crippen molar-refractivity contribution < 1.29 is 13.0 Å². The fourth-order valence-electron chi connectivity index (χ4n) is 4.95. The molecule has 0 radical (unpaired) electrons. The number of aromatic nitrogens is 4. The predicted octanol–water partition coefficient (Wildman–Crippen LogP) is 5.24. The molecule has 35 heavy (non-hydrogen) atoms. The molecule has 0 bridgehead atoms. The zero-order valence-electron chi connectivity index (χ0n) is 20.5. The molecule has 1 aliphatic rings. The van der Waals surface area contributed by atoms with Crippen LogP contribution in [0.5, 0.6) is 0 Å². The van der Waals surface area contributed by atoms with E-state index in [-0.39, 0.29) is 22.8 Å². The molecule has 1 aromatic carbocycles. The molecule has 1 fully saturated rings. The Morgan fingerprint density at radius 2 is 1.71 bits per heavy atom. The molecule has 6 nitrogen and oxygen atoms in total. The maximum absolute atomic E-state index is 12.1. The Labute approximate surface area is 215 Å². The summed E-state index contributed by atoms with van der Waals surface area (Å²) >= 11 is 3.84. The minimum absolute atomic E-state index is 0.0957. The maximum Gasteiger partial charge on any atom is 0.212 e. The minimum Gasteiger partial charge on any atom is -0.231 e. The van der Waals surface area contributed by atoms with Gasteiger partial charge >= 0.3 is 0 Å². The smallest absolute Gasteiger partial charge is 0.212 e. The molecular weight excluding hydrogens is 524 g/mol. The second-order valence-corrected chi connectivity index (χ2v) is 13.5. The van der Waals surface area contributed by atoms with Crippen LogP contribution in [0.2, 0.25) is 0 Å². The van der Waals surface area contributed by atoms with Gasteiger partial charge in [0.2, 0.25) is 5.69 Å². The summed E-state index contributed by atoms with van der Waals surface area (Å²) in [6, 6.07) is 14.6. The molecule has 0 unspecified atom stereocenters. The summed E-state index contributed by atoms with van der Waals surface area (Å²) in [5.41, 5.74) is 6.87. The summed E-state index contributed by atoms with van der Waals surface area (Å²) in [4.78, 5) is 5.12. The first kappa shape index (κ1) is 24.1. The molecule has 5 rings (SSSR count). The number of sulfone groups is 1. The molecule has 1 aliphatic heterocycles. The summed E-state index contributed by atoms with van der Waals surface area (Å²) in [6.07, 6.45) is 5.19. The Morgan fingerprint density at radius 1 is 1.03 bits per heavy atom. The Bertz CT molecular complexity index is 1510. The largest absolute Gasteiger partial charge is 0.231 e. The lowest BCUT2D eigenvalue weighted by Crippen LogP contribution is -2.30. The molecule has 0 atom stereocenters. The molecule has 182 valence electrons. The monoisotopic (exact) mass is 553 g/mol. The molecule has 8 heteroatoms. The van der Waals surface area contributed by atoms with Gasteiger partial charge in [-0.1, -0.05) is 39.0 Å². The number of rotatable bonds is 3. The van der Waals surface area contributed by atoms with Crippen molar-refractivity contribution in [3.63, 3.8) is 0 Å². The normalized spacial score (nSPS) is 16.6. The van der Waals surface area contributed by atoms with Crippen molar-refractivity contribution >= 4 is 31.4 Å². The summed E-state index contributed by atoms with van der Waals surface area (Å²) < 4.78 is 29.1. The van der Waals surface area contributed by atoms with E-state index in [0.29, 0.717) is 12.8 Å². The van der Waals surface area contributed by atoms with Gasteiger partial charge in [-0.25, -0.2) is 22.5 Å². The zero-order chi connectivity index (χ0) is 25.0. The Kier molecular flexibility index (Phi) is 6.08. The first-order valence-electron chi connectivity index (χ1n) is 11.9. The lowest BCUT2D eigenvalue weighted by molar-refractivity contribution is -0.659. The van der Waals surface area contributed by atoms with Crippen LogP contribution in [0.25, 0.3) is 28.0 Å². The van der Waals surface area contributed by atoms with E-state index in [4.69, 9.17) is 10.1 Å². The summed E-state index contributed by atoms with van der Waals surface area (Å²) in [5.74, 6) is 0.522. The molecule has 4 heterocycles. The maximum atomic E-state index is 12.1. The average Bonchev–Trinajstić information content (AvgIpc) is 3.21. The molecule has 0 aliphatic carbocycles. The molecule has 0 amide bonds. The molecule has 3 aromatic heterocycles. The van der Waals surface area contributed by atoms with Gasteiger partial charge in [0, 0.05) is 23.0 Å². The van der Waals surface area contributed by atoms with Gasteiger partial charge in [0.05, 0.1) is 44.7 Å². The fraction of sp³-hybridized carbons (Fsp3) is 0.370. The van der Waals surface area contributed by atoms with Crippen LogP contribution in [0.15, 0.2) is 59.3 Å². The summed E-state index contributed by atoms with van der Waals surface area (Å²) in [6.45, 7) is 6.49. The summed E-state index contributed by atoms with van der Waals surface area (Å²) in [5, 5.41) is 4.76. The number of nitrogens with zero attached hydrogens (tertiary/aromatic N) is 4. The Morgan fingerprint density at radius 3 is 2.34 bits per heavy atom. The van der Waals surface area contributed by atoms with Crippen LogP contribution in [-0.4, -0.2) is 34.5 Å². The van der Waals surface area contributed by atoms with Crippen LogP contribution in [0, 0.1) is 0 Å². The van der Waals surface area contributed by atoms with Gasteiger partial charge < -0.3 is 0 Å². The topological polar surface area (TPSA) is 68.2 Å². The highest BCUT2D eigenvalue weighted by Gasteiger charge is 2.32. The van der Waals surface area contributed by atoms with E-state index in [1.165, 1.54) is 0 Å². The van der Waals surface area contributed by atoms with Crippen molar-refractivity contribution in [3.8, 4) is 22.4 Å². The first-order chi connectivity index (χ1) is 16.5. The quantitative estimate of drug-likeness (QED) is 0.325. The van der Waals surface area contributed by atoms with Crippen molar-refractivity contribution in [1.82, 2.24) is 14.6 Å². The highest BCUT2D eigenvalue weighted by molar-refractivity contribution is 9.10. The number of benzene rings is 1. The van der Waals surface area contributed by atoms with Crippen molar-refractivity contribution in [2.24, 2.45) is 7.05 Å². The van der Waals surface area contributed by atoms with E-state index >= 15 is 0 Å². The van der Waals surface area contributed by atoms with Crippen LogP contribution >= 0.6 is 15.9 Å². The number of hydrogen-bond acceptors (Lipinski definition) is 4. The number of halogens is 1. The number of fused-ring (bicyclic) bond motifs is 1. The highest BCUT2D eigenvalue weighted by atomic mass is 79.9. The third-order valence-corrected chi connectivity index (χ3v) is 9.28. The van der Waals surface area contributed by atoms with E-state index in [1.807, 2.05) is 28.9 Å². The van der Waals surface area contributed by atoms with E-state index in [0.717, 1.165) is 43.9 Å². The van der Waals surface area contributed by atoms with Crippen molar-refractivity contribution in [2.45, 2.75) is 44.9 Å². The first-order valence-corrected chi connectivity index (χ1v) is 14.5. The van der Waals surface area contributed by atoms with Crippen molar-refractivity contribution in [3.05, 3.63) is 70.7 Å². The number of hydrogen-bond donors (Lipinski definition) is 0. The third kappa shape index (κ3) is 4.54. The van der Waals surface area contributed by atoms with Gasteiger partial charge in [-0.3, -0.25) is 0 Å². The third-order valence-electron chi connectivity index (χ3n) is 6.78. The standard InChI is InChI=1S/C27H30BrN4O2S/c1-27(2,3)25-23(28)24(19-12-14-35(33,34)15-13-19)30-26-21(16-29-32(25)26)20-10-11-22(31(4)17-20)18-8-6-5-7-9-18/h5-11,16-17,19H,12-15H2,1-4H3/q+1. The lowest BCUT2D eigenvalue weighted by Gasteiger charge is -2.27. The molecule has 0 spiro atoms. The van der Waals surface area contributed by atoms with Gasteiger partial charge in [-0.05, 0) is 47.0 Å². The fourth-order valence-corrected chi connectivity index (χ4v) is 7.62. The molecule has 1 saturated heterocycles. The predicted molar refractivity (Wildman–Crippen MR) is 142 cm³/mol. The number of pyridine rings is 1. The second kappa shape index (κ2) is 8.82. The zero-order valence-corrected chi connectivity index (χ0v) is 22.9. The molecule has 0 N–H and O–H groups in total.